The largest absolute Gasteiger partial charge is 0.372 e. The lowest BCUT2D eigenvalue weighted by atomic mass is 9.96. The summed E-state index contributed by atoms with van der Waals surface area (Å²) in [6.07, 6.45) is 9.47. The standard InChI is InChI=1S/C19H37NO/c1-7-9-18(3,4)20-16-10-14-12-17(13-15(14)11-16)21-19(5,6)8-2/h14-17,20H,7-13H2,1-6H3. The van der Waals surface area contributed by atoms with Crippen molar-refractivity contribution in [1.82, 2.24) is 5.32 Å². The molecule has 21 heavy (non-hydrogen) atoms. The minimum Gasteiger partial charge on any atom is -0.372 e. The van der Waals surface area contributed by atoms with Crippen LogP contribution >= 0.6 is 0 Å². The van der Waals surface area contributed by atoms with Crippen LogP contribution in [-0.4, -0.2) is 23.3 Å². The van der Waals surface area contributed by atoms with Gasteiger partial charge in [-0.3, -0.25) is 0 Å². The van der Waals surface area contributed by atoms with E-state index in [1.807, 2.05) is 0 Å². The first kappa shape index (κ1) is 17.3. The summed E-state index contributed by atoms with van der Waals surface area (Å²) in [6, 6.07) is 0.738. The van der Waals surface area contributed by atoms with Gasteiger partial charge in [0.1, 0.15) is 0 Å². The van der Waals surface area contributed by atoms with Gasteiger partial charge in [-0.05, 0) is 78.1 Å². The molecular formula is C19H37NO. The van der Waals surface area contributed by atoms with E-state index in [0.717, 1.165) is 24.3 Å². The summed E-state index contributed by atoms with van der Waals surface area (Å²) in [5.41, 5.74) is 0.363. The first-order valence-corrected chi connectivity index (χ1v) is 9.20. The summed E-state index contributed by atoms with van der Waals surface area (Å²) in [5, 5.41) is 3.92. The third-order valence-electron chi connectivity index (χ3n) is 5.78. The highest BCUT2D eigenvalue weighted by Gasteiger charge is 2.44. The summed E-state index contributed by atoms with van der Waals surface area (Å²) in [5.74, 6) is 1.80. The summed E-state index contributed by atoms with van der Waals surface area (Å²) in [7, 11) is 0. The molecule has 0 saturated heterocycles. The van der Waals surface area contributed by atoms with E-state index in [-0.39, 0.29) is 5.60 Å². The van der Waals surface area contributed by atoms with Crippen LogP contribution in [-0.2, 0) is 4.74 Å². The molecule has 0 heterocycles. The molecule has 1 N–H and O–H groups in total. The maximum absolute atomic E-state index is 6.34. The molecule has 0 aliphatic heterocycles. The normalized spacial score (nSPS) is 33.4. The Balaban J connectivity index is 1.79. The number of fused-ring (bicyclic) bond motifs is 1. The van der Waals surface area contributed by atoms with Crippen LogP contribution in [0.1, 0.15) is 86.5 Å². The zero-order chi connectivity index (χ0) is 15.7. The molecule has 2 fully saturated rings. The van der Waals surface area contributed by atoms with Gasteiger partial charge in [0.25, 0.3) is 0 Å². The van der Waals surface area contributed by atoms with Gasteiger partial charge in [0, 0.05) is 11.6 Å². The van der Waals surface area contributed by atoms with Crippen LogP contribution in [0.2, 0.25) is 0 Å². The van der Waals surface area contributed by atoms with Gasteiger partial charge in [-0.15, -0.1) is 0 Å². The maximum atomic E-state index is 6.34. The lowest BCUT2D eigenvalue weighted by molar-refractivity contribution is -0.0731. The van der Waals surface area contributed by atoms with Crippen LogP contribution in [0.5, 0.6) is 0 Å². The van der Waals surface area contributed by atoms with Crippen LogP contribution in [0.4, 0.5) is 0 Å². The predicted molar refractivity (Wildman–Crippen MR) is 90.6 cm³/mol. The molecule has 2 unspecified atom stereocenters. The van der Waals surface area contributed by atoms with Crippen molar-refractivity contribution in [1.29, 1.82) is 0 Å². The number of ether oxygens (including phenoxy) is 1. The maximum Gasteiger partial charge on any atom is 0.0627 e. The highest BCUT2D eigenvalue weighted by Crippen LogP contribution is 2.46. The van der Waals surface area contributed by atoms with Gasteiger partial charge in [-0.25, -0.2) is 0 Å². The second-order valence-corrected chi connectivity index (χ2v) is 8.79. The van der Waals surface area contributed by atoms with Gasteiger partial charge in [-0.1, -0.05) is 20.3 Å². The quantitative estimate of drug-likeness (QED) is 0.720. The Morgan fingerprint density at radius 3 is 2.00 bits per heavy atom. The fourth-order valence-electron chi connectivity index (χ4n) is 4.56. The lowest BCUT2D eigenvalue weighted by Gasteiger charge is -2.31. The second-order valence-electron chi connectivity index (χ2n) is 8.79. The molecule has 2 heteroatoms. The van der Waals surface area contributed by atoms with Gasteiger partial charge >= 0.3 is 0 Å². The number of hydrogen-bond acceptors (Lipinski definition) is 2. The topological polar surface area (TPSA) is 21.3 Å². The molecule has 2 rings (SSSR count). The van der Waals surface area contributed by atoms with E-state index < -0.39 is 0 Å². The minimum absolute atomic E-state index is 0.0596. The third-order valence-corrected chi connectivity index (χ3v) is 5.78. The monoisotopic (exact) mass is 295 g/mol. The van der Waals surface area contributed by atoms with Crippen LogP contribution in [0, 0.1) is 11.8 Å². The molecule has 0 bridgehead atoms. The van der Waals surface area contributed by atoms with Crippen molar-refractivity contribution in [3.63, 3.8) is 0 Å². The number of rotatable bonds is 7. The first-order chi connectivity index (χ1) is 9.74. The molecule has 0 aromatic rings. The fourth-order valence-corrected chi connectivity index (χ4v) is 4.56. The Bertz CT molecular complexity index is 322. The Morgan fingerprint density at radius 1 is 0.952 bits per heavy atom. The van der Waals surface area contributed by atoms with Gasteiger partial charge in [0.2, 0.25) is 0 Å². The van der Waals surface area contributed by atoms with E-state index in [0.29, 0.717) is 11.6 Å². The highest BCUT2D eigenvalue weighted by atomic mass is 16.5. The number of hydrogen-bond donors (Lipinski definition) is 1. The molecule has 2 aliphatic rings. The van der Waals surface area contributed by atoms with Gasteiger partial charge in [-0.2, -0.15) is 0 Å². The Kier molecular flexibility index (Phi) is 5.41. The van der Waals surface area contributed by atoms with Crippen molar-refractivity contribution in [3.05, 3.63) is 0 Å². The van der Waals surface area contributed by atoms with E-state index in [1.165, 1.54) is 38.5 Å². The lowest BCUT2D eigenvalue weighted by Crippen LogP contribution is -2.45. The molecule has 2 saturated carbocycles. The van der Waals surface area contributed by atoms with E-state index in [9.17, 15) is 0 Å². The molecular weight excluding hydrogens is 258 g/mol. The Labute approximate surface area is 132 Å². The molecule has 0 amide bonds. The zero-order valence-corrected chi connectivity index (χ0v) is 15.2. The molecule has 2 nitrogen and oxygen atoms in total. The molecule has 2 aliphatic carbocycles. The first-order valence-electron chi connectivity index (χ1n) is 9.20. The van der Waals surface area contributed by atoms with Crippen LogP contribution in [0.25, 0.3) is 0 Å². The van der Waals surface area contributed by atoms with E-state index in [4.69, 9.17) is 4.74 Å². The SMILES string of the molecule is CCCC(C)(C)NC1CC2CC(OC(C)(C)CC)CC2C1. The fraction of sp³-hybridized carbons (Fsp3) is 1.00. The minimum atomic E-state index is 0.0596. The van der Waals surface area contributed by atoms with Crippen molar-refractivity contribution in [2.24, 2.45) is 11.8 Å². The van der Waals surface area contributed by atoms with E-state index in [2.05, 4.69) is 46.9 Å². The van der Waals surface area contributed by atoms with Gasteiger partial charge in [0.05, 0.1) is 11.7 Å². The highest BCUT2D eigenvalue weighted by molar-refractivity contribution is 4.97. The summed E-state index contributed by atoms with van der Waals surface area (Å²) in [6.45, 7) is 13.7. The van der Waals surface area contributed by atoms with Crippen LogP contribution in [0.3, 0.4) is 0 Å². The van der Waals surface area contributed by atoms with Crippen molar-refractivity contribution >= 4 is 0 Å². The van der Waals surface area contributed by atoms with Crippen LogP contribution < -0.4 is 5.32 Å². The van der Waals surface area contributed by atoms with E-state index in [1.54, 1.807) is 0 Å². The molecule has 124 valence electrons. The number of nitrogens with one attached hydrogen (secondary N) is 1. The predicted octanol–water partition coefficient (Wildman–Crippen LogP) is 4.92. The van der Waals surface area contributed by atoms with E-state index >= 15 is 0 Å². The van der Waals surface area contributed by atoms with Crippen molar-refractivity contribution in [2.75, 3.05) is 0 Å². The summed E-state index contributed by atoms with van der Waals surface area (Å²) in [4.78, 5) is 0. The molecule has 0 aromatic carbocycles. The van der Waals surface area contributed by atoms with Crippen molar-refractivity contribution in [3.8, 4) is 0 Å². The molecule has 0 spiro atoms. The van der Waals surface area contributed by atoms with Crippen molar-refractivity contribution < 1.29 is 4.74 Å². The van der Waals surface area contributed by atoms with Crippen LogP contribution in [0.15, 0.2) is 0 Å². The molecule has 0 aromatic heterocycles. The Hall–Kier alpha value is -0.0800. The average molecular weight is 296 g/mol. The Morgan fingerprint density at radius 2 is 1.52 bits per heavy atom. The third kappa shape index (κ3) is 4.69. The van der Waals surface area contributed by atoms with Gasteiger partial charge in [0.15, 0.2) is 0 Å². The molecule has 0 radical (unpaired) electrons. The molecule has 2 atom stereocenters. The summed E-state index contributed by atoms with van der Waals surface area (Å²) >= 11 is 0. The summed E-state index contributed by atoms with van der Waals surface area (Å²) < 4.78 is 6.34. The zero-order valence-electron chi connectivity index (χ0n) is 15.2. The second kappa shape index (κ2) is 6.58. The average Bonchev–Trinajstić information content (AvgIpc) is 2.84. The smallest absolute Gasteiger partial charge is 0.0627 e. The van der Waals surface area contributed by atoms with Crippen molar-refractivity contribution in [2.45, 2.75) is 110 Å². The van der Waals surface area contributed by atoms with Gasteiger partial charge < -0.3 is 10.1 Å².